The smallest absolute Gasteiger partial charge is 0.321 e. The van der Waals surface area contributed by atoms with Gasteiger partial charge in [0, 0.05) is 19.5 Å². The first-order valence-corrected chi connectivity index (χ1v) is 11.5. The molecule has 2 rings (SSSR count). The highest BCUT2D eigenvalue weighted by atomic mass is 32.2. The quantitative estimate of drug-likeness (QED) is 0.616. The molecular formula is C20H30N2O5S. The lowest BCUT2D eigenvalue weighted by atomic mass is 9.90. The maximum atomic E-state index is 12.3. The number of benzene rings is 1. The van der Waals surface area contributed by atoms with E-state index in [0.717, 1.165) is 19.3 Å². The molecule has 1 aliphatic rings. The lowest BCUT2D eigenvalue weighted by Crippen LogP contribution is -2.42. The van der Waals surface area contributed by atoms with Gasteiger partial charge in [-0.05, 0) is 43.6 Å². The van der Waals surface area contributed by atoms with Gasteiger partial charge in [-0.1, -0.05) is 37.3 Å². The van der Waals surface area contributed by atoms with Gasteiger partial charge in [0.25, 0.3) is 0 Å². The standard InChI is InChI=1S/C20H30N2O5S/c1-2-6-19(23)22-13-11-16(12-14-22)9-10-18(20(24)25)21-28(26,27)15-17-7-4-3-5-8-17/h3-5,7-8,16,18,21H,2,6,9-15H2,1H3,(H,24,25). The van der Waals surface area contributed by atoms with Crippen LogP contribution in [-0.4, -0.2) is 49.4 Å². The number of carbonyl (C=O) groups is 2. The Morgan fingerprint density at radius 1 is 1.21 bits per heavy atom. The lowest BCUT2D eigenvalue weighted by Gasteiger charge is -2.32. The first kappa shape index (κ1) is 22.4. The van der Waals surface area contributed by atoms with Crippen LogP contribution in [0.1, 0.15) is 51.0 Å². The van der Waals surface area contributed by atoms with E-state index in [-0.39, 0.29) is 18.1 Å². The summed E-state index contributed by atoms with van der Waals surface area (Å²) in [6.45, 7) is 3.37. The highest BCUT2D eigenvalue weighted by Gasteiger charge is 2.27. The number of nitrogens with one attached hydrogen (secondary N) is 1. The molecule has 0 aliphatic carbocycles. The van der Waals surface area contributed by atoms with Crippen LogP contribution >= 0.6 is 0 Å². The Morgan fingerprint density at radius 2 is 1.86 bits per heavy atom. The Labute approximate surface area is 167 Å². The van der Waals surface area contributed by atoms with Gasteiger partial charge in [0.05, 0.1) is 5.75 Å². The molecule has 0 spiro atoms. The van der Waals surface area contributed by atoms with E-state index in [2.05, 4.69) is 4.72 Å². The zero-order chi connectivity index (χ0) is 20.6. The molecule has 8 heteroatoms. The maximum Gasteiger partial charge on any atom is 0.321 e. The number of carboxylic acids is 1. The molecule has 0 radical (unpaired) electrons. The van der Waals surface area contributed by atoms with Gasteiger partial charge < -0.3 is 10.0 Å². The lowest BCUT2D eigenvalue weighted by molar-refractivity contribution is -0.139. The molecule has 1 aliphatic heterocycles. The number of hydrogen-bond acceptors (Lipinski definition) is 4. The second-order valence-corrected chi connectivity index (χ2v) is 9.16. The third-order valence-electron chi connectivity index (χ3n) is 5.11. The average molecular weight is 411 g/mol. The topological polar surface area (TPSA) is 104 Å². The molecule has 1 aromatic carbocycles. The molecule has 1 amide bonds. The van der Waals surface area contributed by atoms with E-state index in [4.69, 9.17) is 0 Å². The van der Waals surface area contributed by atoms with Crippen molar-refractivity contribution in [1.29, 1.82) is 0 Å². The fourth-order valence-electron chi connectivity index (χ4n) is 3.53. The summed E-state index contributed by atoms with van der Waals surface area (Å²) in [4.78, 5) is 25.3. The number of likely N-dealkylation sites (tertiary alicyclic amines) is 1. The van der Waals surface area contributed by atoms with E-state index in [0.29, 0.717) is 37.4 Å². The molecule has 28 heavy (non-hydrogen) atoms. The monoisotopic (exact) mass is 410 g/mol. The minimum atomic E-state index is -3.74. The molecule has 1 aromatic rings. The molecule has 1 saturated heterocycles. The first-order chi connectivity index (χ1) is 13.3. The van der Waals surface area contributed by atoms with Gasteiger partial charge in [0.15, 0.2) is 0 Å². The van der Waals surface area contributed by atoms with Crippen molar-refractivity contribution in [1.82, 2.24) is 9.62 Å². The summed E-state index contributed by atoms with van der Waals surface area (Å²) < 4.78 is 27.0. The number of carbonyl (C=O) groups excluding carboxylic acids is 1. The number of amides is 1. The van der Waals surface area contributed by atoms with E-state index in [1.807, 2.05) is 11.8 Å². The molecule has 0 saturated carbocycles. The van der Waals surface area contributed by atoms with E-state index >= 15 is 0 Å². The summed E-state index contributed by atoms with van der Waals surface area (Å²) in [6, 6.07) is 7.55. The summed E-state index contributed by atoms with van der Waals surface area (Å²) in [5, 5.41) is 9.43. The Bertz CT molecular complexity index is 743. The molecule has 0 aromatic heterocycles. The van der Waals surface area contributed by atoms with E-state index < -0.39 is 22.0 Å². The minimum Gasteiger partial charge on any atom is -0.480 e. The van der Waals surface area contributed by atoms with Gasteiger partial charge in [-0.3, -0.25) is 9.59 Å². The molecule has 156 valence electrons. The predicted molar refractivity (Wildman–Crippen MR) is 107 cm³/mol. The molecule has 0 bridgehead atoms. The van der Waals surface area contributed by atoms with Gasteiger partial charge in [-0.2, -0.15) is 0 Å². The number of nitrogens with zero attached hydrogens (tertiary/aromatic N) is 1. The number of aliphatic carboxylic acids is 1. The third kappa shape index (κ3) is 7.24. The van der Waals surface area contributed by atoms with Crippen molar-refractivity contribution < 1.29 is 23.1 Å². The van der Waals surface area contributed by atoms with Crippen LogP contribution < -0.4 is 4.72 Å². The average Bonchev–Trinajstić information content (AvgIpc) is 2.66. The van der Waals surface area contributed by atoms with Crippen LogP contribution in [0.15, 0.2) is 30.3 Å². The Morgan fingerprint density at radius 3 is 2.43 bits per heavy atom. The third-order valence-corrected chi connectivity index (χ3v) is 6.47. The summed E-state index contributed by atoms with van der Waals surface area (Å²) in [5.41, 5.74) is 0.614. The Kier molecular flexibility index (Phi) is 8.44. The zero-order valence-corrected chi connectivity index (χ0v) is 17.2. The maximum absolute atomic E-state index is 12.3. The Balaban J connectivity index is 1.83. The fraction of sp³-hybridized carbons (Fsp3) is 0.600. The van der Waals surface area contributed by atoms with Crippen LogP contribution in [0.5, 0.6) is 0 Å². The summed E-state index contributed by atoms with van der Waals surface area (Å²) in [6.07, 6.45) is 3.94. The van der Waals surface area contributed by atoms with Crippen LogP contribution in [0, 0.1) is 5.92 Å². The molecule has 7 nitrogen and oxygen atoms in total. The van der Waals surface area contributed by atoms with Crippen molar-refractivity contribution in [3.63, 3.8) is 0 Å². The largest absolute Gasteiger partial charge is 0.480 e. The second kappa shape index (κ2) is 10.6. The molecule has 1 unspecified atom stereocenters. The predicted octanol–water partition coefficient (Wildman–Crippen LogP) is 2.38. The summed E-state index contributed by atoms with van der Waals surface area (Å²) in [5.74, 6) is -0.911. The van der Waals surface area contributed by atoms with Crippen LogP contribution in [0.2, 0.25) is 0 Å². The van der Waals surface area contributed by atoms with Crippen molar-refractivity contribution in [2.45, 2.75) is 57.2 Å². The van der Waals surface area contributed by atoms with Crippen molar-refractivity contribution in [3.05, 3.63) is 35.9 Å². The number of piperidine rings is 1. The number of carboxylic acid groups (broad SMARTS) is 1. The second-order valence-electron chi connectivity index (χ2n) is 7.40. The van der Waals surface area contributed by atoms with Gasteiger partial charge >= 0.3 is 5.97 Å². The van der Waals surface area contributed by atoms with Gasteiger partial charge in [-0.15, -0.1) is 0 Å². The van der Waals surface area contributed by atoms with E-state index in [1.54, 1.807) is 30.3 Å². The van der Waals surface area contributed by atoms with Gasteiger partial charge in [-0.25, -0.2) is 13.1 Å². The van der Waals surface area contributed by atoms with Crippen LogP contribution in [-0.2, 0) is 25.4 Å². The fourth-order valence-corrected chi connectivity index (χ4v) is 4.90. The molecule has 1 heterocycles. The van der Waals surface area contributed by atoms with Crippen molar-refractivity contribution in [2.24, 2.45) is 5.92 Å². The summed E-state index contributed by atoms with van der Waals surface area (Å²) in [7, 11) is -3.74. The van der Waals surface area contributed by atoms with Gasteiger partial charge in [0.2, 0.25) is 15.9 Å². The van der Waals surface area contributed by atoms with Crippen LogP contribution in [0.25, 0.3) is 0 Å². The van der Waals surface area contributed by atoms with Crippen molar-refractivity contribution >= 4 is 21.9 Å². The minimum absolute atomic E-state index is 0.179. The SMILES string of the molecule is CCCC(=O)N1CCC(CCC(NS(=O)(=O)Cc2ccccc2)C(=O)O)CC1. The van der Waals surface area contributed by atoms with Crippen LogP contribution in [0.3, 0.4) is 0 Å². The highest BCUT2D eigenvalue weighted by Crippen LogP contribution is 2.23. The molecule has 1 atom stereocenters. The molecular weight excluding hydrogens is 380 g/mol. The van der Waals surface area contributed by atoms with Crippen molar-refractivity contribution in [3.8, 4) is 0 Å². The van der Waals surface area contributed by atoms with Crippen LogP contribution in [0.4, 0.5) is 0 Å². The normalized spacial score (nSPS) is 16.7. The number of sulfonamides is 1. The molecule has 1 fully saturated rings. The van der Waals surface area contributed by atoms with E-state index in [1.165, 1.54) is 0 Å². The zero-order valence-electron chi connectivity index (χ0n) is 16.3. The highest BCUT2D eigenvalue weighted by molar-refractivity contribution is 7.88. The van der Waals surface area contributed by atoms with Gasteiger partial charge in [0.1, 0.15) is 6.04 Å². The molecule has 2 N–H and O–H groups in total. The number of hydrogen-bond donors (Lipinski definition) is 2. The van der Waals surface area contributed by atoms with E-state index in [9.17, 15) is 23.1 Å². The first-order valence-electron chi connectivity index (χ1n) is 9.85. The summed E-state index contributed by atoms with van der Waals surface area (Å²) >= 11 is 0. The Hall–Kier alpha value is -1.93. The van der Waals surface area contributed by atoms with Crippen molar-refractivity contribution in [2.75, 3.05) is 13.1 Å². The number of rotatable bonds is 10.